The summed E-state index contributed by atoms with van der Waals surface area (Å²) >= 11 is 0. The summed E-state index contributed by atoms with van der Waals surface area (Å²) in [6.07, 6.45) is 13.5. The molecule has 0 radical (unpaired) electrons. The SMILES string of the molecule is CCCCCC(O)C#C/C=C\CCCC/C=C\CCC(F)(F)C(=O)O. The normalized spacial score (nSPS) is 13.1. The number of aliphatic hydroxyl groups excluding tert-OH is 1. The van der Waals surface area contributed by atoms with Crippen LogP contribution in [0.15, 0.2) is 24.3 Å². The van der Waals surface area contributed by atoms with Crippen LogP contribution in [0.25, 0.3) is 0 Å². The molecule has 3 nitrogen and oxygen atoms in total. The number of carboxylic acids is 1. The van der Waals surface area contributed by atoms with E-state index in [0.717, 1.165) is 51.4 Å². The van der Waals surface area contributed by atoms with Crippen molar-refractivity contribution >= 4 is 5.97 Å². The number of rotatable bonds is 13. The first kappa shape index (κ1) is 23.3. The molecule has 0 aromatic rings. The Morgan fingerprint density at radius 1 is 1.08 bits per heavy atom. The highest BCUT2D eigenvalue weighted by molar-refractivity contribution is 5.75. The first-order chi connectivity index (χ1) is 11.9. The van der Waals surface area contributed by atoms with E-state index in [-0.39, 0.29) is 6.42 Å². The lowest BCUT2D eigenvalue weighted by atomic mass is 10.1. The largest absolute Gasteiger partial charge is 0.477 e. The van der Waals surface area contributed by atoms with Crippen molar-refractivity contribution in [3.8, 4) is 11.8 Å². The van der Waals surface area contributed by atoms with Crippen LogP contribution >= 0.6 is 0 Å². The Kier molecular flexibility index (Phi) is 13.7. The summed E-state index contributed by atoms with van der Waals surface area (Å²) < 4.78 is 25.6. The van der Waals surface area contributed by atoms with Gasteiger partial charge in [0.2, 0.25) is 0 Å². The third kappa shape index (κ3) is 14.4. The molecule has 0 spiro atoms. The molecule has 0 saturated carbocycles. The summed E-state index contributed by atoms with van der Waals surface area (Å²) in [5.41, 5.74) is 0. The van der Waals surface area contributed by atoms with Gasteiger partial charge in [0.05, 0.1) is 0 Å². The summed E-state index contributed by atoms with van der Waals surface area (Å²) in [6, 6.07) is 0. The van der Waals surface area contributed by atoms with Crippen LogP contribution in [0.1, 0.15) is 71.1 Å². The summed E-state index contributed by atoms with van der Waals surface area (Å²) in [5.74, 6) is -0.0727. The van der Waals surface area contributed by atoms with Crippen LogP contribution < -0.4 is 0 Å². The van der Waals surface area contributed by atoms with Crippen molar-refractivity contribution in [1.29, 1.82) is 0 Å². The maximum Gasteiger partial charge on any atom is 0.374 e. The van der Waals surface area contributed by atoms with Crippen molar-refractivity contribution in [1.82, 2.24) is 0 Å². The lowest BCUT2D eigenvalue weighted by Crippen LogP contribution is -2.27. The predicted octanol–water partition coefficient (Wildman–Crippen LogP) is 5.10. The van der Waals surface area contributed by atoms with Gasteiger partial charge in [-0.1, -0.05) is 49.8 Å². The Morgan fingerprint density at radius 3 is 2.36 bits per heavy atom. The summed E-state index contributed by atoms with van der Waals surface area (Å²) in [7, 11) is 0. The monoisotopic (exact) mass is 356 g/mol. The number of aliphatic carboxylic acids is 1. The second-order valence-corrected chi connectivity index (χ2v) is 6.01. The van der Waals surface area contributed by atoms with Crippen molar-refractivity contribution < 1.29 is 23.8 Å². The Balaban J connectivity index is 3.64. The average Bonchev–Trinajstić information content (AvgIpc) is 2.55. The fraction of sp³-hybridized carbons (Fsp3) is 0.650. The van der Waals surface area contributed by atoms with Crippen molar-refractivity contribution in [3.05, 3.63) is 24.3 Å². The van der Waals surface area contributed by atoms with Gasteiger partial charge in [-0.2, -0.15) is 8.78 Å². The molecule has 25 heavy (non-hydrogen) atoms. The van der Waals surface area contributed by atoms with Crippen LogP contribution in [0.4, 0.5) is 8.78 Å². The van der Waals surface area contributed by atoms with Crippen molar-refractivity contribution in [2.45, 2.75) is 83.2 Å². The summed E-state index contributed by atoms with van der Waals surface area (Å²) in [6.45, 7) is 2.12. The van der Waals surface area contributed by atoms with Crippen LogP contribution in [0, 0.1) is 11.8 Å². The number of carbonyl (C=O) groups is 1. The molecule has 0 amide bonds. The van der Waals surface area contributed by atoms with Gasteiger partial charge >= 0.3 is 11.9 Å². The van der Waals surface area contributed by atoms with Gasteiger partial charge in [0.1, 0.15) is 6.10 Å². The zero-order valence-electron chi connectivity index (χ0n) is 15.0. The maximum absolute atomic E-state index is 12.8. The number of unbranched alkanes of at least 4 members (excludes halogenated alkanes) is 5. The van der Waals surface area contributed by atoms with Crippen LogP contribution in [0.3, 0.4) is 0 Å². The predicted molar refractivity (Wildman–Crippen MR) is 96.5 cm³/mol. The first-order valence-electron chi connectivity index (χ1n) is 9.00. The fourth-order valence-corrected chi connectivity index (χ4v) is 2.08. The number of alkyl halides is 2. The molecule has 1 unspecified atom stereocenters. The van der Waals surface area contributed by atoms with Gasteiger partial charge in [-0.15, -0.1) is 0 Å². The Labute approximate surface area is 149 Å². The fourth-order valence-electron chi connectivity index (χ4n) is 2.08. The second-order valence-electron chi connectivity index (χ2n) is 6.01. The number of halogens is 2. The van der Waals surface area contributed by atoms with Gasteiger partial charge in [0.25, 0.3) is 0 Å². The molecular formula is C20H30F2O3. The van der Waals surface area contributed by atoms with E-state index >= 15 is 0 Å². The van der Waals surface area contributed by atoms with Crippen molar-refractivity contribution in [2.75, 3.05) is 0 Å². The smallest absolute Gasteiger partial charge is 0.374 e. The number of hydrogen-bond acceptors (Lipinski definition) is 2. The molecule has 0 rings (SSSR count). The molecule has 142 valence electrons. The lowest BCUT2D eigenvalue weighted by Gasteiger charge is -2.08. The number of aliphatic hydroxyl groups is 1. The Morgan fingerprint density at radius 2 is 1.72 bits per heavy atom. The van der Waals surface area contributed by atoms with Crippen LogP contribution in [0.5, 0.6) is 0 Å². The molecule has 0 saturated heterocycles. The standard InChI is InChI=1S/C20H30F2O3/c1-2-3-12-15-18(23)16-13-10-8-6-4-5-7-9-11-14-17-20(21,22)19(24)25/h8-11,18,23H,2-7,12,14-15,17H2,1H3,(H,24,25)/b10-8-,11-9-. The van der Waals surface area contributed by atoms with Gasteiger partial charge in [0, 0.05) is 6.42 Å². The lowest BCUT2D eigenvalue weighted by molar-refractivity contribution is -0.165. The zero-order valence-corrected chi connectivity index (χ0v) is 15.0. The number of allylic oxidation sites excluding steroid dienone is 4. The molecule has 0 fully saturated rings. The molecule has 0 bridgehead atoms. The van der Waals surface area contributed by atoms with Gasteiger partial charge < -0.3 is 10.2 Å². The number of carboxylic acid groups (broad SMARTS) is 1. The molecular weight excluding hydrogens is 326 g/mol. The van der Waals surface area contributed by atoms with E-state index in [2.05, 4.69) is 18.8 Å². The van der Waals surface area contributed by atoms with Crippen LogP contribution in [-0.2, 0) is 4.79 Å². The minimum Gasteiger partial charge on any atom is -0.477 e. The number of hydrogen-bond donors (Lipinski definition) is 2. The van der Waals surface area contributed by atoms with E-state index in [1.54, 1.807) is 12.2 Å². The maximum atomic E-state index is 12.8. The van der Waals surface area contributed by atoms with Crippen LogP contribution in [-0.4, -0.2) is 28.2 Å². The Hall–Kier alpha value is -1.67. The van der Waals surface area contributed by atoms with Gasteiger partial charge in [-0.05, 0) is 51.0 Å². The topological polar surface area (TPSA) is 57.5 Å². The van der Waals surface area contributed by atoms with E-state index < -0.39 is 24.4 Å². The van der Waals surface area contributed by atoms with E-state index in [4.69, 9.17) is 5.11 Å². The van der Waals surface area contributed by atoms with E-state index in [9.17, 15) is 18.7 Å². The molecule has 1 atom stereocenters. The molecule has 0 aliphatic rings. The summed E-state index contributed by atoms with van der Waals surface area (Å²) in [4.78, 5) is 10.2. The van der Waals surface area contributed by atoms with E-state index in [1.807, 2.05) is 12.2 Å². The van der Waals surface area contributed by atoms with E-state index in [0.29, 0.717) is 0 Å². The van der Waals surface area contributed by atoms with Crippen molar-refractivity contribution in [2.24, 2.45) is 0 Å². The molecule has 0 aromatic carbocycles. The third-order valence-corrected chi connectivity index (χ3v) is 3.63. The van der Waals surface area contributed by atoms with Gasteiger partial charge in [-0.3, -0.25) is 0 Å². The minimum absolute atomic E-state index is 0.0649. The van der Waals surface area contributed by atoms with E-state index in [1.165, 1.54) is 0 Å². The van der Waals surface area contributed by atoms with Gasteiger partial charge in [0.15, 0.2) is 0 Å². The second kappa shape index (κ2) is 14.7. The van der Waals surface area contributed by atoms with Gasteiger partial charge in [-0.25, -0.2) is 4.79 Å². The minimum atomic E-state index is -3.64. The molecule has 5 heteroatoms. The molecule has 0 aromatic heterocycles. The highest BCUT2D eigenvalue weighted by Crippen LogP contribution is 2.20. The Bertz CT molecular complexity index is 473. The highest BCUT2D eigenvalue weighted by Gasteiger charge is 2.37. The molecule has 0 aliphatic carbocycles. The molecule has 0 heterocycles. The average molecular weight is 356 g/mol. The van der Waals surface area contributed by atoms with Crippen LogP contribution in [0.2, 0.25) is 0 Å². The molecule has 0 aliphatic heterocycles. The quantitative estimate of drug-likeness (QED) is 0.274. The highest BCUT2D eigenvalue weighted by atomic mass is 19.3. The van der Waals surface area contributed by atoms with Crippen molar-refractivity contribution in [3.63, 3.8) is 0 Å². The third-order valence-electron chi connectivity index (χ3n) is 3.63. The zero-order chi connectivity index (χ0) is 19.0. The molecule has 2 N–H and O–H groups in total. The summed E-state index contributed by atoms with van der Waals surface area (Å²) in [5, 5.41) is 17.9. The first-order valence-corrected chi connectivity index (χ1v) is 9.00.